The number of nitrogens with two attached hydrogens (primary N) is 1. The fourth-order valence-electron chi connectivity index (χ4n) is 1.42. The van der Waals surface area contributed by atoms with Crippen LogP contribution in [0.15, 0.2) is 35.7 Å². The van der Waals surface area contributed by atoms with Crippen LogP contribution >= 0.6 is 11.3 Å². The highest BCUT2D eigenvalue weighted by Crippen LogP contribution is 2.22. The van der Waals surface area contributed by atoms with Gasteiger partial charge in [0.05, 0.1) is 5.69 Å². The molecule has 2 rings (SSSR count). The van der Waals surface area contributed by atoms with Gasteiger partial charge in [-0.05, 0) is 0 Å². The van der Waals surface area contributed by atoms with E-state index in [-0.39, 0.29) is 0 Å². The fourth-order valence-corrected chi connectivity index (χ4v) is 2.25. The minimum Gasteiger partial charge on any atom is -0.329 e. The van der Waals surface area contributed by atoms with E-state index in [4.69, 9.17) is 5.73 Å². The van der Waals surface area contributed by atoms with Gasteiger partial charge in [0.15, 0.2) is 0 Å². The van der Waals surface area contributed by atoms with Crippen molar-refractivity contribution in [3.05, 3.63) is 41.4 Å². The molecule has 1 heterocycles. The number of aromatic nitrogens is 1. The lowest BCUT2D eigenvalue weighted by atomic mass is 10.2. The van der Waals surface area contributed by atoms with Crippen molar-refractivity contribution in [2.24, 2.45) is 5.73 Å². The summed E-state index contributed by atoms with van der Waals surface area (Å²) in [7, 11) is 0. The molecule has 1 aromatic carbocycles. The van der Waals surface area contributed by atoms with Crippen molar-refractivity contribution >= 4 is 11.3 Å². The van der Waals surface area contributed by atoms with E-state index in [0.29, 0.717) is 6.54 Å². The van der Waals surface area contributed by atoms with Gasteiger partial charge in [0.2, 0.25) is 0 Å². The molecule has 16 heavy (non-hydrogen) atoms. The third kappa shape index (κ3) is 2.88. The second kappa shape index (κ2) is 5.75. The quantitative estimate of drug-likeness (QED) is 0.775. The number of hydrogen-bond donors (Lipinski definition) is 2. The molecule has 0 saturated carbocycles. The van der Waals surface area contributed by atoms with Gasteiger partial charge in [0.1, 0.15) is 5.01 Å². The molecule has 2 aromatic rings. The van der Waals surface area contributed by atoms with Crippen molar-refractivity contribution in [2.75, 3.05) is 13.1 Å². The number of thiazole rings is 1. The van der Waals surface area contributed by atoms with Gasteiger partial charge in [0, 0.05) is 30.6 Å². The smallest absolute Gasteiger partial charge is 0.123 e. The van der Waals surface area contributed by atoms with E-state index in [1.807, 2.05) is 18.2 Å². The zero-order valence-electron chi connectivity index (χ0n) is 9.02. The van der Waals surface area contributed by atoms with Gasteiger partial charge in [-0.3, -0.25) is 0 Å². The predicted octanol–water partition coefficient (Wildman–Crippen LogP) is 1.86. The molecule has 3 N–H and O–H groups in total. The average Bonchev–Trinajstić information content (AvgIpc) is 2.79. The second-order valence-corrected chi connectivity index (χ2v) is 4.33. The molecule has 84 valence electrons. The van der Waals surface area contributed by atoms with E-state index < -0.39 is 0 Å². The molecule has 4 heteroatoms. The Morgan fingerprint density at radius 2 is 2.06 bits per heavy atom. The lowest BCUT2D eigenvalue weighted by Gasteiger charge is -1.98. The third-order valence-corrected chi connectivity index (χ3v) is 3.14. The Labute approximate surface area is 99.3 Å². The molecule has 0 fully saturated rings. The number of rotatable bonds is 5. The molecule has 3 nitrogen and oxygen atoms in total. The molecule has 0 atom stereocenters. The van der Waals surface area contributed by atoms with Crippen LogP contribution in [0.5, 0.6) is 0 Å². The third-order valence-electron chi connectivity index (χ3n) is 2.20. The van der Waals surface area contributed by atoms with Crippen molar-refractivity contribution in [3.8, 4) is 10.6 Å². The molecule has 0 amide bonds. The number of nitrogens with one attached hydrogen (secondary N) is 1. The molecular formula is C12H15N3S. The zero-order chi connectivity index (χ0) is 11.2. The summed E-state index contributed by atoms with van der Waals surface area (Å²) in [6, 6.07) is 10.2. The van der Waals surface area contributed by atoms with Crippen molar-refractivity contribution < 1.29 is 0 Å². The van der Waals surface area contributed by atoms with Crippen LogP contribution in [0.1, 0.15) is 5.69 Å². The van der Waals surface area contributed by atoms with Crippen LogP contribution in [0, 0.1) is 0 Å². The first-order chi connectivity index (χ1) is 7.90. The van der Waals surface area contributed by atoms with Crippen LogP contribution in [0.2, 0.25) is 0 Å². The van der Waals surface area contributed by atoms with Crippen LogP contribution in [-0.2, 0) is 6.54 Å². The summed E-state index contributed by atoms with van der Waals surface area (Å²) in [6.45, 7) is 2.29. The average molecular weight is 233 g/mol. The van der Waals surface area contributed by atoms with Crippen LogP contribution in [-0.4, -0.2) is 18.1 Å². The number of nitrogens with zero attached hydrogens (tertiary/aromatic N) is 1. The Balaban J connectivity index is 2.02. The molecule has 0 spiro atoms. The van der Waals surface area contributed by atoms with Crippen molar-refractivity contribution in [1.82, 2.24) is 10.3 Å². The fraction of sp³-hybridized carbons (Fsp3) is 0.250. The van der Waals surface area contributed by atoms with Gasteiger partial charge >= 0.3 is 0 Å². The number of hydrogen-bond acceptors (Lipinski definition) is 4. The first-order valence-electron chi connectivity index (χ1n) is 5.31. The summed E-state index contributed by atoms with van der Waals surface area (Å²) < 4.78 is 0. The molecule has 0 bridgehead atoms. The Morgan fingerprint density at radius 3 is 2.81 bits per heavy atom. The standard InChI is InChI=1S/C12H15N3S/c13-6-7-14-8-11-9-16-12(15-11)10-4-2-1-3-5-10/h1-5,9,14H,6-8,13H2. The Hall–Kier alpha value is -1.23. The molecule has 0 aliphatic heterocycles. The summed E-state index contributed by atoms with van der Waals surface area (Å²) in [5, 5.41) is 6.40. The van der Waals surface area contributed by atoms with E-state index in [1.54, 1.807) is 11.3 Å². The van der Waals surface area contributed by atoms with Crippen molar-refractivity contribution in [3.63, 3.8) is 0 Å². The molecule has 1 aromatic heterocycles. The second-order valence-electron chi connectivity index (χ2n) is 3.48. The summed E-state index contributed by atoms with van der Waals surface area (Å²) in [5.74, 6) is 0. The summed E-state index contributed by atoms with van der Waals surface area (Å²) in [6.07, 6.45) is 0. The Kier molecular flexibility index (Phi) is 4.04. The van der Waals surface area contributed by atoms with Crippen LogP contribution in [0.4, 0.5) is 0 Å². The SMILES string of the molecule is NCCNCc1csc(-c2ccccc2)n1. The maximum Gasteiger partial charge on any atom is 0.123 e. The minimum absolute atomic E-state index is 0.662. The Morgan fingerprint density at radius 1 is 1.25 bits per heavy atom. The maximum absolute atomic E-state index is 5.41. The van der Waals surface area contributed by atoms with Gasteiger partial charge in [-0.2, -0.15) is 0 Å². The van der Waals surface area contributed by atoms with Gasteiger partial charge in [-0.15, -0.1) is 11.3 Å². The Bertz CT molecular complexity index is 425. The predicted molar refractivity (Wildman–Crippen MR) is 68.3 cm³/mol. The van der Waals surface area contributed by atoms with Crippen molar-refractivity contribution in [2.45, 2.75) is 6.54 Å². The van der Waals surface area contributed by atoms with Gasteiger partial charge in [-0.25, -0.2) is 4.98 Å². The molecule has 0 aliphatic rings. The lowest BCUT2D eigenvalue weighted by Crippen LogP contribution is -2.21. The normalized spacial score (nSPS) is 10.6. The zero-order valence-corrected chi connectivity index (χ0v) is 9.83. The first kappa shape index (κ1) is 11.3. The maximum atomic E-state index is 5.41. The lowest BCUT2D eigenvalue weighted by molar-refractivity contribution is 0.685. The van der Waals surface area contributed by atoms with E-state index in [2.05, 4.69) is 27.8 Å². The summed E-state index contributed by atoms with van der Waals surface area (Å²) in [4.78, 5) is 4.57. The van der Waals surface area contributed by atoms with Gasteiger partial charge < -0.3 is 11.1 Å². The highest BCUT2D eigenvalue weighted by molar-refractivity contribution is 7.13. The minimum atomic E-state index is 0.662. The number of benzene rings is 1. The molecule has 0 aliphatic carbocycles. The topological polar surface area (TPSA) is 50.9 Å². The molecule has 0 radical (unpaired) electrons. The van der Waals surface area contributed by atoms with Crippen LogP contribution in [0.25, 0.3) is 10.6 Å². The van der Waals surface area contributed by atoms with E-state index in [0.717, 1.165) is 23.8 Å². The first-order valence-corrected chi connectivity index (χ1v) is 6.18. The highest BCUT2D eigenvalue weighted by atomic mass is 32.1. The molecule has 0 saturated heterocycles. The van der Waals surface area contributed by atoms with Crippen LogP contribution in [0.3, 0.4) is 0 Å². The largest absolute Gasteiger partial charge is 0.329 e. The van der Waals surface area contributed by atoms with Crippen LogP contribution < -0.4 is 11.1 Å². The molecular weight excluding hydrogens is 218 g/mol. The van der Waals surface area contributed by atoms with E-state index >= 15 is 0 Å². The summed E-state index contributed by atoms with van der Waals surface area (Å²) in [5.41, 5.74) is 7.67. The monoisotopic (exact) mass is 233 g/mol. The highest BCUT2D eigenvalue weighted by Gasteiger charge is 2.03. The summed E-state index contributed by atoms with van der Waals surface area (Å²) >= 11 is 1.68. The van der Waals surface area contributed by atoms with E-state index in [9.17, 15) is 0 Å². The van der Waals surface area contributed by atoms with Crippen molar-refractivity contribution in [1.29, 1.82) is 0 Å². The van der Waals surface area contributed by atoms with Gasteiger partial charge in [-0.1, -0.05) is 30.3 Å². The molecule has 0 unspecified atom stereocenters. The van der Waals surface area contributed by atoms with E-state index in [1.165, 1.54) is 5.56 Å². The van der Waals surface area contributed by atoms with Gasteiger partial charge in [0.25, 0.3) is 0 Å².